The van der Waals surface area contributed by atoms with Crippen molar-refractivity contribution < 1.29 is 4.39 Å². The molecule has 0 atom stereocenters. The fourth-order valence-corrected chi connectivity index (χ4v) is 3.59. The number of hydrogen-bond donors (Lipinski definition) is 2. The molecule has 6 heteroatoms. The molecule has 5 rings (SSSR count). The fourth-order valence-electron chi connectivity index (χ4n) is 3.59. The van der Waals surface area contributed by atoms with E-state index < -0.39 is 0 Å². The van der Waals surface area contributed by atoms with Gasteiger partial charge in [0.15, 0.2) is 5.82 Å². The molecule has 3 aromatic heterocycles. The molecule has 31 heavy (non-hydrogen) atoms. The minimum Gasteiger partial charge on any atom is -0.370 e. The summed E-state index contributed by atoms with van der Waals surface area (Å²) >= 11 is 0. The van der Waals surface area contributed by atoms with Crippen LogP contribution in [0.1, 0.15) is 5.56 Å². The number of nitrogens with zero attached hydrogens (tertiary/aromatic N) is 3. The number of halogens is 1. The Morgan fingerprint density at radius 3 is 2.61 bits per heavy atom. The van der Waals surface area contributed by atoms with Gasteiger partial charge in [0.05, 0.1) is 5.69 Å². The van der Waals surface area contributed by atoms with Crippen LogP contribution in [0.5, 0.6) is 0 Å². The fraction of sp³-hybridized carbons (Fsp3) is 0.0800. The van der Waals surface area contributed by atoms with Crippen LogP contribution in [0.4, 0.5) is 10.2 Å². The highest BCUT2D eigenvalue weighted by Crippen LogP contribution is 2.25. The lowest BCUT2D eigenvalue weighted by atomic mass is 10.1. The first kappa shape index (κ1) is 18.9. The molecule has 5 nitrogen and oxygen atoms in total. The molecular weight excluding hydrogens is 389 g/mol. The maximum atomic E-state index is 13.4. The average molecular weight is 409 g/mol. The van der Waals surface area contributed by atoms with Crippen molar-refractivity contribution in [3.63, 3.8) is 0 Å². The molecule has 0 aliphatic rings. The number of pyridine rings is 1. The quantitative estimate of drug-likeness (QED) is 0.390. The van der Waals surface area contributed by atoms with Crippen LogP contribution in [0.2, 0.25) is 0 Å². The summed E-state index contributed by atoms with van der Waals surface area (Å²) < 4.78 is 13.4. The molecule has 0 unspecified atom stereocenters. The van der Waals surface area contributed by atoms with E-state index in [1.165, 1.54) is 23.1 Å². The van der Waals surface area contributed by atoms with E-state index in [4.69, 9.17) is 0 Å². The minimum atomic E-state index is -0.276. The van der Waals surface area contributed by atoms with E-state index in [1.807, 2.05) is 30.3 Å². The largest absolute Gasteiger partial charge is 0.370 e. The lowest BCUT2D eigenvalue weighted by Crippen LogP contribution is -2.07. The number of hydrogen-bond acceptors (Lipinski definition) is 4. The number of anilines is 1. The van der Waals surface area contributed by atoms with E-state index in [1.54, 1.807) is 24.5 Å². The lowest BCUT2D eigenvalue weighted by molar-refractivity contribution is 0.628. The van der Waals surface area contributed by atoms with Crippen LogP contribution in [0.15, 0.2) is 85.3 Å². The van der Waals surface area contributed by atoms with Crippen LogP contribution >= 0.6 is 0 Å². The van der Waals surface area contributed by atoms with Crippen molar-refractivity contribution in [2.24, 2.45) is 0 Å². The summed E-state index contributed by atoms with van der Waals surface area (Å²) in [6.45, 7) is 0.716. The van der Waals surface area contributed by atoms with Crippen molar-refractivity contribution in [1.29, 1.82) is 0 Å². The molecule has 0 saturated heterocycles. The first-order valence-corrected chi connectivity index (χ1v) is 10.1. The van der Waals surface area contributed by atoms with Crippen LogP contribution in [-0.4, -0.2) is 26.5 Å². The van der Waals surface area contributed by atoms with Crippen molar-refractivity contribution in [1.82, 2.24) is 19.9 Å². The number of benzene rings is 2. The van der Waals surface area contributed by atoms with Crippen LogP contribution < -0.4 is 5.32 Å². The Morgan fingerprint density at radius 2 is 1.77 bits per heavy atom. The van der Waals surface area contributed by atoms with E-state index in [9.17, 15) is 4.39 Å². The minimum absolute atomic E-state index is 0.276. The number of nitrogens with one attached hydrogen (secondary N) is 2. The van der Waals surface area contributed by atoms with Gasteiger partial charge in [-0.15, -0.1) is 0 Å². The first-order valence-electron chi connectivity index (χ1n) is 10.1. The number of aromatic nitrogens is 4. The zero-order valence-corrected chi connectivity index (χ0v) is 16.7. The number of rotatable bonds is 6. The van der Waals surface area contributed by atoms with E-state index in [0.29, 0.717) is 18.2 Å². The molecule has 0 aliphatic carbocycles. The Kier molecular flexibility index (Phi) is 5.10. The van der Waals surface area contributed by atoms with Crippen molar-refractivity contribution >= 4 is 16.7 Å². The molecule has 5 aromatic rings. The van der Waals surface area contributed by atoms with Crippen molar-refractivity contribution in [3.05, 3.63) is 96.7 Å². The molecular formula is C25H20FN5. The molecule has 3 heterocycles. The summed E-state index contributed by atoms with van der Waals surface area (Å²) in [7, 11) is 0. The first-order chi connectivity index (χ1) is 15.3. The standard InChI is InChI=1S/C25H20FN5/c26-20-9-7-17(8-10-20)23-14-24(31-25(30-23)19-4-3-12-27-15-19)28-13-11-18-16-29-22-6-2-1-5-21(18)22/h1-10,12,14-16,29H,11,13H2,(H,28,30,31). The van der Waals surface area contributed by atoms with Gasteiger partial charge in [-0.3, -0.25) is 4.98 Å². The van der Waals surface area contributed by atoms with E-state index >= 15 is 0 Å². The SMILES string of the molecule is Fc1ccc(-c2cc(NCCc3c[nH]c4ccccc34)nc(-c3cccnc3)n2)cc1. The predicted molar refractivity (Wildman–Crippen MR) is 121 cm³/mol. The second-order valence-corrected chi connectivity index (χ2v) is 7.25. The van der Waals surface area contributed by atoms with Crippen LogP contribution in [0.25, 0.3) is 33.5 Å². The number of H-pyrrole nitrogens is 1. The van der Waals surface area contributed by atoms with Gasteiger partial charge in [0, 0.05) is 53.2 Å². The Labute approximate surface area is 179 Å². The zero-order valence-electron chi connectivity index (χ0n) is 16.7. The highest BCUT2D eigenvalue weighted by molar-refractivity contribution is 5.83. The third-order valence-corrected chi connectivity index (χ3v) is 5.16. The molecule has 0 radical (unpaired) electrons. The van der Waals surface area contributed by atoms with Gasteiger partial charge in [0.1, 0.15) is 11.6 Å². The molecule has 2 N–H and O–H groups in total. The third-order valence-electron chi connectivity index (χ3n) is 5.16. The van der Waals surface area contributed by atoms with Crippen molar-refractivity contribution in [2.45, 2.75) is 6.42 Å². The Hall–Kier alpha value is -4.06. The van der Waals surface area contributed by atoms with E-state index in [2.05, 4.69) is 43.6 Å². The predicted octanol–water partition coefficient (Wildman–Crippen LogP) is 5.48. The second-order valence-electron chi connectivity index (χ2n) is 7.25. The van der Waals surface area contributed by atoms with Crippen molar-refractivity contribution in [2.75, 3.05) is 11.9 Å². The lowest BCUT2D eigenvalue weighted by Gasteiger charge is -2.10. The second kappa shape index (κ2) is 8.36. The maximum absolute atomic E-state index is 13.4. The smallest absolute Gasteiger partial charge is 0.163 e. The van der Waals surface area contributed by atoms with E-state index in [0.717, 1.165) is 28.8 Å². The topological polar surface area (TPSA) is 66.5 Å². The Balaban J connectivity index is 1.42. The van der Waals surface area contributed by atoms with Crippen LogP contribution in [0.3, 0.4) is 0 Å². The van der Waals surface area contributed by atoms with Gasteiger partial charge in [-0.25, -0.2) is 14.4 Å². The molecule has 0 aliphatic heterocycles. The monoisotopic (exact) mass is 409 g/mol. The van der Waals surface area contributed by atoms with Gasteiger partial charge in [-0.1, -0.05) is 18.2 Å². The maximum Gasteiger partial charge on any atom is 0.163 e. The normalized spacial score (nSPS) is 11.0. The van der Waals surface area contributed by atoms with Gasteiger partial charge >= 0.3 is 0 Å². The molecule has 152 valence electrons. The molecule has 0 fully saturated rings. The highest BCUT2D eigenvalue weighted by atomic mass is 19.1. The summed E-state index contributed by atoms with van der Waals surface area (Å²) in [5.41, 5.74) is 4.77. The van der Waals surface area contributed by atoms with Crippen LogP contribution in [-0.2, 0) is 6.42 Å². The zero-order chi connectivity index (χ0) is 21.0. The summed E-state index contributed by atoms with van der Waals surface area (Å²) in [4.78, 5) is 16.9. The van der Waals surface area contributed by atoms with Gasteiger partial charge in [0.2, 0.25) is 0 Å². The number of fused-ring (bicyclic) bond motifs is 1. The summed E-state index contributed by atoms with van der Waals surface area (Å²) in [6, 6.07) is 20.3. The number of para-hydroxylation sites is 1. The van der Waals surface area contributed by atoms with Crippen LogP contribution in [0, 0.1) is 5.82 Å². The summed E-state index contributed by atoms with van der Waals surface area (Å²) in [6.07, 6.45) is 6.35. The van der Waals surface area contributed by atoms with Gasteiger partial charge < -0.3 is 10.3 Å². The third kappa shape index (κ3) is 4.14. The van der Waals surface area contributed by atoms with Gasteiger partial charge in [-0.2, -0.15) is 0 Å². The number of aromatic amines is 1. The average Bonchev–Trinajstić information content (AvgIpc) is 3.23. The molecule has 0 saturated carbocycles. The molecule has 0 amide bonds. The molecule has 2 aromatic carbocycles. The van der Waals surface area contributed by atoms with Crippen molar-refractivity contribution in [3.8, 4) is 22.6 Å². The summed E-state index contributed by atoms with van der Waals surface area (Å²) in [5, 5.41) is 4.65. The summed E-state index contributed by atoms with van der Waals surface area (Å²) in [5.74, 6) is 1.01. The van der Waals surface area contributed by atoms with Gasteiger partial charge in [0.25, 0.3) is 0 Å². The Bertz CT molecular complexity index is 1310. The molecule has 0 spiro atoms. The molecule has 0 bridgehead atoms. The van der Waals surface area contributed by atoms with Gasteiger partial charge in [-0.05, 0) is 54.4 Å². The highest BCUT2D eigenvalue weighted by Gasteiger charge is 2.10. The Morgan fingerprint density at radius 1 is 0.903 bits per heavy atom. The van der Waals surface area contributed by atoms with E-state index in [-0.39, 0.29) is 5.82 Å².